The van der Waals surface area contributed by atoms with E-state index in [9.17, 15) is 8.78 Å². The molecule has 2 fully saturated rings. The van der Waals surface area contributed by atoms with Gasteiger partial charge in [-0.1, -0.05) is 18.7 Å². The third-order valence-electron chi connectivity index (χ3n) is 7.53. The number of ether oxygens (including phenoxy) is 1. The molecule has 0 spiro atoms. The van der Waals surface area contributed by atoms with Crippen molar-refractivity contribution in [3.05, 3.63) is 54.1 Å². The van der Waals surface area contributed by atoms with Gasteiger partial charge in [-0.05, 0) is 117 Å². The van der Waals surface area contributed by atoms with Crippen LogP contribution in [-0.2, 0) is 12.8 Å². The van der Waals surface area contributed by atoms with Crippen LogP contribution < -0.4 is 4.74 Å². The van der Waals surface area contributed by atoms with E-state index in [-0.39, 0.29) is 5.92 Å². The fourth-order valence-corrected chi connectivity index (χ4v) is 6.13. The zero-order valence-electron chi connectivity index (χ0n) is 16.7. The fraction of sp³-hybridized carbons (Fsp3) is 0.600. The molecule has 28 heavy (non-hydrogen) atoms. The van der Waals surface area contributed by atoms with E-state index in [2.05, 4.69) is 24.8 Å². The summed E-state index contributed by atoms with van der Waals surface area (Å²) in [4.78, 5) is 0. The quantitative estimate of drug-likeness (QED) is 0.497. The second kappa shape index (κ2) is 8.80. The van der Waals surface area contributed by atoms with Crippen molar-refractivity contribution >= 4 is 0 Å². The summed E-state index contributed by atoms with van der Waals surface area (Å²) in [5, 5.41) is 0. The molecule has 0 saturated heterocycles. The van der Waals surface area contributed by atoms with E-state index in [0.29, 0.717) is 12.5 Å². The van der Waals surface area contributed by atoms with Crippen LogP contribution in [0.3, 0.4) is 0 Å². The molecule has 4 rings (SSSR count). The summed E-state index contributed by atoms with van der Waals surface area (Å²) in [6.07, 6.45) is 12.0. The predicted molar refractivity (Wildman–Crippen MR) is 110 cm³/mol. The van der Waals surface area contributed by atoms with Gasteiger partial charge in [0.25, 0.3) is 6.08 Å². The summed E-state index contributed by atoms with van der Waals surface area (Å²) < 4.78 is 30.9. The van der Waals surface area contributed by atoms with Crippen molar-refractivity contribution < 1.29 is 13.5 Å². The standard InChI is InChI=1S/C25H32F2O/c1-2-11-28-24-10-9-22-15-21(7-8-23(22)16-24)20-6-5-18-12-17(13-25(26)27)3-4-19(18)14-20/h2,9-10,13,16-21H,1,3-8,11-12,14-15H2/t17-,18?,19-,20?,21?/m1/s1. The first kappa shape index (κ1) is 19.7. The third-order valence-corrected chi connectivity index (χ3v) is 7.53. The molecule has 3 unspecified atom stereocenters. The van der Waals surface area contributed by atoms with Crippen LogP contribution in [0.5, 0.6) is 5.75 Å². The molecule has 1 nitrogen and oxygen atoms in total. The lowest BCUT2D eigenvalue weighted by Gasteiger charge is -2.44. The maximum atomic E-state index is 12.6. The van der Waals surface area contributed by atoms with Crippen LogP contribution in [0.4, 0.5) is 8.78 Å². The molecule has 1 aromatic carbocycles. The molecular formula is C25H32F2O. The van der Waals surface area contributed by atoms with Crippen LogP contribution >= 0.6 is 0 Å². The molecule has 0 N–H and O–H groups in total. The fourth-order valence-electron chi connectivity index (χ4n) is 6.13. The molecule has 0 amide bonds. The second-order valence-corrected chi connectivity index (χ2v) is 9.16. The number of allylic oxidation sites excluding steroid dienone is 1. The number of aryl methyl sites for hydroxylation is 1. The van der Waals surface area contributed by atoms with Gasteiger partial charge in [0.1, 0.15) is 12.4 Å². The Hall–Kier alpha value is -1.64. The number of hydrogen-bond acceptors (Lipinski definition) is 1. The Labute approximate surface area is 167 Å². The van der Waals surface area contributed by atoms with Crippen molar-refractivity contribution in [3.8, 4) is 5.75 Å². The van der Waals surface area contributed by atoms with Crippen LogP contribution in [0.1, 0.15) is 56.1 Å². The van der Waals surface area contributed by atoms with E-state index >= 15 is 0 Å². The van der Waals surface area contributed by atoms with Crippen LogP contribution in [0.2, 0.25) is 0 Å². The lowest BCUT2D eigenvalue weighted by Crippen LogP contribution is -2.34. The normalized spacial score (nSPS) is 32.0. The molecule has 0 heterocycles. The molecule has 3 aliphatic carbocycles. The zero-order chi connectivity index (χ0) is 19.5. The van der Waals surface area contributed by atoms with Gasteiger partial charge >= 0.3 is 0 Å². The van der Waals surface area contributed by atoms with Crippen molar-refractivity contribution in [1.82, 2.24) is 0 Å². The Bertz CT molecular complexity index is 721. The summed E-state index contributed by atoms with van der Waals surface area (Å²) in [6, 6.07) is 6.57. The molecule has 1 aromatic rings. The largest absolute Gasteiger partial charge is 0.490 e. The monoisotopic (exact) mass is 386 g/mol. The minimum Gasteiger partial charge on any atom is -0.490 e. The number of hydrogen-bond donors (Lipinski definition) is 0. The van der Waals surface area contributed by atoms with Gasteiger partial charge in [-0.25, -0.2) is 0 Å². The lowest BCUT2D eigenvalue weighted by atomic mass is 9.61. The van der Waals surface area contributed by atoms with Gasteiger partial charge < -0.3 is 4.74 Å². The highest BCUT2D eigenvalue weighted by molar-refractivity contribution is 5.37. The van der Waals surface area contributed by atoms with Crippen LogP contribution in [0.25, 0.3) is 0 Å². The van der Waals surface area contributed by atoms with Crippen LogP contribution in [0.15, 0.2) is 43.0 Å². The molecule has 0 aromatic heterocycles. The van der Waals surface area contributed by atoms with E-state index < -0.39 is 6.08 Å². The van der Waals surface area contributed by atoms with Gasteiger partial charge in [-0.2, -0.15) is 8.78 Å². The summed E-state index contributed by atoms with van der Waals surface area (Å²) >= 11 is 0. The molecule has 152 valence electrons. The smallest absolute Gasteiger partial charge is 0.266 e. The van der Waals surface area contributed by atoms with Crippen molar-refractivity contribution in [2.75, 3.05) is 6.61 Å². The summed E-state index contributed by atoms with van der Waals surface area (Å²) in [5.74, 6) is 4.11. The molecule has 3 aliphatic rings. The molecule has 0 radical (unpaired) electrons. The van der Waals surface area contributed by atoms with E-state index in [4.69, 9.17) is 4.74 Å². The van der Waals surface area contributed by atoms with Crippen molar-refractivity contribution in [2.45, 2.75) is 57.8 Å². The summed E-state index contributed by atoms with van der Waals surface area (Å²) in [5.41, 5.74) is 2.95. The Morgan fingerprint density at radius 1 is 0.964 bits per heavy atom. The van der Waals surface area contributed by atoms with E-state index in [0.717, 1.165) is 49.2 Å². The summed E-state index contributed by atoms with van der Waals surface area (Å²) in [7, 11) is 0. The first-order chi connectivity index (χ1) is 13.6. The Morgan fingerprint density at radius 3 is 2.50 bits per heavy atom. The second-order valence-electron chi connectivity index (χ2n) is 9.16. The van der Waals surface area contributed by atoms with Gasteiger partial charge in [0, 0.05) is 0 Å². The maximum Gasteiger partial charge on any atom is 0.266 e. The number of fused-ring (bicyclic) bond motifs is 2. The zero-order valence-corrected chi connectivity index (χ0v) is 16.7. The van der Waals surface area contributed by atoms with Gasteiger partial charge in [0.15, 0.2) is 0 Å². The van der Waals surface area contributed by atoms with Gasteiger partial charge in [0.05, 0.1) is 0 Å². The average molecular weight is 387 g/mol. The molecule has 0 bridgehead atoms. The predicted octanol–water partition coefficient (Wildman–Crippen LogP) is 6.97. The number of halogens is 2. The number of rotatable bonds is 5. The van der Waals surface area contributed by atoms with Crippen molar-refractivity contribution in [1.29, 1.82) is 0 Å². The van der Waals surface area contributed by atoms with Gasteiger partial charge in [-0.15, -0.1) is 0 Å². The molecule has 2 saturated carbocycles. The Kier molecular flexibility index (Phi) is 6.18. The highest BCUT2D eigenvalue weighted by Gasteiger charge is 2.38. The first-order valence-corrected chi connectivity index (χ1v) is 11.0. The van der Waals surface area contributed by atoms with Crippen molar-refractivity contribution in [2.24, 2.45) is 29.6 Å². The van der Waals surface area contributed by atoms with E-state index in [1.165, 1.54) is 49.3 Å². The lowest BCUT2D eigenvalue weighted by molar-refractivity contribution is 0.0802. The molecule has 5 atom stereocenters. The van der Waals surface area contributed by atoms with Gasteiger partial charge in [0.2, 0.25) is 0 Å². The van der Waals surface area contributed by atoms with Crippen LogP contribution in [0, 0.1) is 29.6 Å². The topological polar surface area (TPSA) is 9.23 Å². The SMILES string of the molecule is C=CCOc1ccc2c(c1)CCC(C1CCC3C[C@H](C=C(F)F)CC[C@@H]3C1)C2. The minimum atomic E-state index is -1.49. The molecule has 3 heteroatoms. The van der Waals surface area contributed by atoms with E-state index in [1.54, 1.807) is 6.08 Å². The number of benzene rings is 1. The van der Waals surface area contributed by atoms with Crippen molar-refractivity contribution in [3.63, 3.8) is 0 Å². The maximum absolute atomic E-state index is 12.6. The molecular weight excluding hydrogens is 354 g/mol. The average Bonchev–Trinajstić information content (AvgIpc) is 2.71. The van der Waals surface area contributed by atoms with E-state index in [1.807, 2.05) is 0 Å². The Morgan fingerprint density at radius 2 is 1.71 bits per heavy atom. The minimum absolute atomic E-state index is 0.113. The Balaban J connectivity index is 1.34. The third kappa shape index (κ3) is 4.50. The first-order valence-electron chi connectivity index (χ1n) is 11.0. The summed E-state index contributed by atoms with van der Waals surface area (Å²) in [6.45, 7) is 4.27. The van der Waals surface area contributed by atoms with Crippen LogP contribution in [-0.4, -0.2) is 6.61 Å². The highest BCUT2D eigenvalue weighted by Crippen LogP contribution is 2.48. The highest BCUT2D eigenvalue weighted by atomic mass is 19.3. The molecule has 0 aliphatic heterocycles. The van der Waals surface area contributed by atoms with Gasteiger partial charge in [-0.3, -0.25) is 0 Å².